The summed E-state index contributed by atoms with van der Waals surface area (Å²) in [7, 11) is 0. The largest absolute Gasteiger partial charge is 0.490 e. The second kappa shape index (κ2) is 10.1. The molecular formula is C25H25ClN2O5. The van der Waals surface area contributed by atoms with Crippen LogP contribution in [0.2, 0.25) is 5.02 Å². The molecule has 1 saturated carbocycles. The molecular weight excluding hydrogens is 444 g/mol. The third-order valence-corrected chi connectivity index (χ3v) is 6.11. The molecule has 2 aromatic carbocycles. The maximum absolute atomic E-state index is 13.0. The fourth-order valence-electron chi connectivity index (χ4n) is 4.10. The summed E-state index contributed by atoms with van der Waals surface area (Å²) < 4.78 is 11.6. The van der Waals surface area contributed by atoms with E-state index >= 15 is 0 Å². The molecule has 1 heterocycles. The summed E-state index contributed by atoms with van der Waals surface area (Å²) in [6.45, 7) is 2.53. The molecule has 33 heavy (non-hydrogen) atoms. The van der Waals surface area contributed by atoms with E-state index in [1.54, 1.807) is 24.3 Å². The van der Waals surface area contributed by atoms with Crippen molar-refractivity contribution in [1.82, 2.24) is 10.2 Å². The van der Waals surface area contributed by atoms with Crippen molar-refractivity contribution in [2.24, 2.45) is 0 Å². The molecule has 4 amide bonds. The van der Waals surface area contributed by atoms with Gasteiger partial charge in [0.2, 0.25) is 0 Å². The highest BCUT2D eigenvalue weighted by molar-refractivity contribution is 6.31. The number of barbiturate groups is 1. The molecule has 1 aliphatic carbocycles. The monoisotopic (exact) mass is 468 g/mol. The van der Waals surface area contributed by atoms with Crippen LogP contribution in [-0.2, 0) is 16.2 Å². The summed E-state index contributed by atoms with van der Waals surface area (Å²) in [6, 6.07) is 11.7. The molecule has 1 saturated heterocycles. The second-order valence-corrected chi connectivity index (χ2v) is 8.36. The summed E-state index contributed by atoms with van der Waals surface area (Å²) >= 11 is 6.20. The Bertz CT molecular complexity index is 1110. The number of rotatable bonds is 7. The maximum Gasteiger partial charge on any atom is 0.331 e. The Hall–Kier alpha value is -3.32. The van der Waals surface area contributed by atoms with Crippen molar-refractivity contribution in [3.63, 3.8) is 0 Å². The Labute approximate surface area is 197 Å². The first-order valence-corrected chi connectivity index (χ1v) is 11.4. The van der Waals surface area contributed by atoms with Gasteiger partial charge in [-0.2, -0.15) is 0 Å². The number of imide groups is 2. The highest BCUT2D eigenvalue weighted by atomic mass is 35.5. The number of ether oxygens (including phenoxy) is 2. The van der Waals surface area contributed by atoms with Crippen molar-refractivity contribution < 1.29 is 23.9 Å². The molecule has 1 aliphatic heterocycles. The van der Waals surface area contributed by atoms with Crippen molar-refractivity contribution in [2.45, 2.75) is 45.3 Å². The van der Waals surface area contributed by atoms with Crippen LogP contribution in [0.5, 0.6) is 11.5 Å². The molecule has 0 radical (unpaired) electrons. The van der Waals surface area contributed by atoms with Crippen LogP contribution in [0.1, 0.15) is 43.7 Å². The van der Waals surface area contributed by atoms with Crippen LogP contribution in [0.15, 0.2) is 48.0 Å². The standard InChI is InChI=1S/C25H25ClN2O5/c1-2-32-22-14-16(11-12-21(22)33-15-17-7-3-6-10-20(17)26)13-19-23(29)27-25(31)28(24(19)30)18-8-4-5-9-18/h3,6-7,10-14,18H,2,4-5,8-9,15H2,1H3,(H,27,29,31)/b19-13+. The van der Waals surface area contributed by atoms with Crippen LogP contribution in [0.25, 0.3) is 6.08 Å². The number of benzene rings is 2. The van der Waals surface area contributed by atoms with Gasteiger partial charge in [-0.3, -0.25) is 19.8 Å². The Morgan fingerprint density at radius 3 is 2.55 bits per heavy atom. The van der Waals surface area contributed by atoms with Crippen LogP contribution in [-0.4, -0.2) is 35.4 Å². The summed E-state index contributed by atoms with van der Waals surface area (Å²) in [5.74, 6) is -0.267. The lowest BCUT2D eigenvalue weighted by Crippen LogP contribution is -2.57. The Balaban J connectivity index is 1.58. The van der Waals surface area contributed by atoms with Crippen LogP contribution >= 0.6 is 11.6 Å². The number of carbonyl (C=O) groups is 3. The smallest absolute Gasteiger partial charge is 0.331 e. The molecule has 0 unspecified atom stereocenters. The zero-order valence-corrected chi connectivity index (χ0v) is 19.1. The average Bonchev–Trinajstić information content (AvgIpc) is 3.31. The number of halogens is 1. The summed E-state index contributed by atoms with van der Waals surface area (Å²) in [6.07, 6.45) is 4.91. The van der Waals surface area contributed by atoms with Gasteiger partial charge in [-0.05, 0) is 49.6 Å². The fourth-order valence-corrected chi connectivity index (χ4v) is 4.30. The summed E-state index contributed by atoms with van der Waals surface area (Å²) in [5, 5.41) is 2.90. The predicted molar refractivity (Wildman–Crippen MR) is 124 cm³/mol. The Kier molecular flexibility index (Phi) is 6.99. The minimum atomic E-state index is -0.698. The minimum Gasteiger partial charge on any atom is -0.490 e. The van der Waals surface area contributed by atoms with Gasteiger partial charge < -0.3 is 9.47 Å². The fraction of sp³-hybridized carbons (Fsp3) is 0.320. The van der Waals surface area contributed by atoms with Gasteiger partial charge in [0.15, 0.2) is 11.5 Å². The van der Waals surface area contributed by atoms with E-state index in [0.29, 0.717) is 28.7 Å². The highest BCUT2D eigenvalue weighted by Gasteiger charge is 2.40. The van der Waals surface area contributed by atoms with E-state index < -0.39 is 17.8 Å². The topological polar surface area (TPSA) is 84.9 Å². The Morgan fingerprint density at radius 1 is 1.06 bits per heavy atom. The molecule has 172 valence electrons. The van der Waals surface area contributed by atoms with Crippen molar-refractivity contribution in [3.05, 3.63) is 64.2 Å². The van der Waals surface area contributed by atoms with Gasteiger partial charge in [-0.15, -0.1) is 0 Å². The zero-order valence-electron chi connectivity index (χ0n) is 18.3. The van der Waals surface area contributed by atoms with E-state index in [2.05, 4.69) is 5.32 Å². The number of carbonyl (C=O) groups excluding carboxylic acids is 3. The van der Waals surface area contributed by atoms with Crippen molar-refractivity contribution in [3.8, 4) is 11.5 Å². The van der Waals surface area contributed by atoms with E-state index in [1.165, 1.54) is 11.0 Å². The van der Waals surface area contributed by atoms with Crippen LogP contribution in [0, 0.1) is 0 Å². The van der Waals surface area contributed by atoms with Gasteiger partial charge in [0.1, 0.15) is 12.2 Å². The molecule has 2 aromatic rings. The van der Waals surface area contributed by atoms with E-state index in [9.17, 15) is 14.4 Å². The predicted octanol–water partition coefficient (Wildman–Crippen LogP) is 4.72. The van der Waals surface area contributed by atoms with Crippen molar-refractivity contribution in [1.29, 1.82) is 0 Å². The third-order valence-electron chi connectivity index (χ3n) is 5.74. The molecule has 0 spiro atoms. The number of nitrogens with one attached hydrogen (secondary N) is 1. The van der Waals surface area contributed by atoms with Gasteiger partial charge >= 0.3 is 6.03 Å². The minimum absolute atomic E-state index is 0.0753. The van der Waals surface area contributed by atoms with Gasteiger partial charge in [0.05, 0.1) is 6.61 Å². The molecule has 8 heteroatoms. The SMILES string of the molecule is CCOc1cc(/C=C2\C(=O)NC(=O)N(C3CCCC3)C2=O)ccc1OCc1ccccc1Cl. The van der Waals surface area contributed by atoms with E-state index in [4.69, 9.17) is 21.1 Å². The first kappa shape index (κ1) is 22.9. The molecule has 1 N–H and O–H groups in total. The molecule has 2 aliphatic rings. The number of nitrogens with zero attached hydrogens (tertiary/aromatic N) is 1. The number of hydrogen-bond acceptors (Lipinski definition) is 5. The number of urea groups is 1. The maximum atomic E-state index is 13.0. The van der Waals surface area contributed by atoms with Gasteiger partial charge in [-0.25, -0.2) is 4.79 Å². The summed E-state index contributed by atoms with van der Waals surface area (Å²) in [5.41, 5.74) is 1.35. The van der Waals surface area contributed by atoms with Crippen molar-refractivity contribution in [2.75, 3.05) is 6.61 Å². The first-order valence-electron chi connectivity index (χ1n) is 11.0. The van der Waals surface area contributed by atoms with Gasteiger partial charge in [0.25, 0.3) is 11.8 Å². The molecule has 0 bridgehead atoms. The highest BCUT2D eigenvalue weighted by Crippen LogP contribution is 2.32. The lowest BCUT2D eigenvalue weighted by Gasteiger charge is -2.31. The molecule has 0 aromatic heterocycles. The van der Waals surface area contributed by atoms with E-state index in [0.717, 1.165) is 31.2 Å². The molecule has 4 rings (SSSR count). The quantitative estimate of drug-likeness (QED) is 0.469. The van der Waals surface area contributed by atoms with Gasteiger partial charge in [0, 0.05) is 16.6 Å². The lowest BCUT2D eigenvalue weighted by atomic mass is 10.0. The van der Waals surface area contributed by atoms with Crippen LogP contribution in [0.3, 0.4) is 0 Å². The normalized spacial score (nSPS) is 18.1. The lowest BCUT2D eigenvalue weighted by molar-refractivity contribution is -0.131. The van der Waals surface area contributed by atoms with E-state index in [-0.39, 0.29) is 18.2 Å². The van der Waals surface area contributed by atoms with Crippen LogP contribution in [0.4, 0.5) is 4.79 Å². The number of amides is 4. The first-order chi connectivity index (χ1) is 16.0. The Morgan fingerprint density at radius 2 is 1.82 bits per heavy atom. The zero-order chi connectivity index (χ0) is 23.4. The number of hydrogen-bond donors (Lipinski definition) is 1. The van der Waals surface area contributed by atoms with Gasteiger partial charge in [-0.1, -0.05) is 48.7 Å². The molecule has 7 nitrogen and oxygen atoms in total. The van der Waals surface area contributed by atoms with Crippen LogP contribution < -0.4 is 14.8 Å². The van der Waals surface area contributed by atoms with E-state index in [1.807, 2.05) is 25.1 Å². The average molecular weight is 469 g/mol. The third kappa shape index (κ3) is 5.03. The van der Waals surface area contributed by atoms with Crippen molar-refractivity contribution >= 4 is 35.5 Å². The molecule has 2 fully saturated rings. The molecule has 0 atom stereocenters. The second-order valence-electron chi connectivity index (χ2n) is 7.95. The summed E-state index contributed by atoms with van der Waals surface area (Å²) in [4.78, 5) is 38.9.